The van der Waals surface area contributed by atoms with Gasteiger partial charge in [-0.05, 0) is 49.3 Å². The molecule has 1 aromatic rings. The Balaban J connectivity index is 2.12. The zero-order valence-electron chi connectivity index (χ0n) is 11.9. The van der Waals surface area contributed by atoms with E-state index in [1.807, 2.05) is 6.07 Å². The molecule has 20 heavy (non-hydrogen) atoms. The Kier molecular flexibility index (Phi) is 4.46. The maximum Gasteiger partial charge on any atom is 0.240 e. The highest BCUT2D eigenvalue weighted by molar-refractivity contribution is 7.89. The van der Waals surface area contributed by atoms with Crippen molar-refractivity contribution in [2.45, 2.75) is 38.0 Å². The molecule has 1 saturated carbocycles. The summed E-state index contributed by atoms with van der Waals surface area (Å²) in [6, 6.07) is 6.72. The van der Waals surface area contributed by atoms with Gasteiger partial charge in [-0.2, -0.15) is 5.26 Å². The summed E-state index contributed by atoms with van der Waals surface area (Å²) in [5.74, 6) is 1.12. The first-order chi connectivity index (χ1) is 9.42. The summed E-state index contributed by atoms with van der Waals surface area (Å²) in [7, 11) is -3.53. The Morgan fingerprint density at radius 2 is 2.15 bits per heavy atom. The molecule has 5 heteroatoms. The fourth-order valence-corrected chi connectivity index (χ4v) is 4.16. The van der Waals surface area contributed by atoms with Gasteiger partial charge in [0.25, 0.3) is 0 Å². The molecule has 4 nitrogen and oxygen atoms in total. The van der Waals surface area contributed by atoms with Crippen molar-refractivity contribution in [2.24, 2.45) is 11.8 Å². The molecule has 2 unspecified atom stereocenters. The molecule has 0 aliphatic heterocycles. The van der Waals surface area contributed by atoms with Gasteiger partial charge >= 0.3 is 0 Å². The van der Waals surface area contributed by atoms with Crippen molar-refractivity contribution >= 4 is 10.0 Å². The van der Waals surface area contributed by atoms with Crippen molar-refractivity contribution in [3.8, 4) is 6.07 Å². The lowest BCUT2D eigenvalue weighted by Gasteiger charge is -2.13. The number of nitriles is 1. The van der Waals surface area contributed by atoms with Crippen LogP contribution in [0, 0.1) is 30.1 Å². The van der Waals surface area contributed by atoms with Crippen LogP contribution in [0.1, 0.15) is 37.3 Å². The van der Waals surface area contributed by atoms with Gasteiger partial charge in [0, 0.05) is 6.54 Å². The fourth-order valence-electron chi connectivity index (χ4n) is 2.77. The van der Waals surface area contributed by atoms with E-state index in [0.29, 0.717) is 29.5 Å². The van der Waals surface area contributed by atoms with Gasteiger partial charge in [-0.25, -0.2) is 13.1 Å². The normalized spacial score (nSPS) is 22.6. The summed E-state index contributed by atoms with van der Waals surface area (Å²) in [4.78, 5) is 0.211. The molecule has 2 atom stereocenters. The number of nitrogens with one attached hydrogen (secondary N) is 1. The average molecular weight is 292 g/mol. The van der Waals surface area contributed by atoms with E-state index < -0.39 is 10.0 Å². The lowest BCUT2D eigenvalue weighted by atomic mass is 10.1. The molecule has 0 bridgehead atoms. The van der Waals surface area contributed by atoms with Gasteiger partial charge in [0.05, 0.1) is 16.5 Å². The van der Waals surface area contributed by atoms with Crippen LogP contribution in [0.2, 0.25) is 0 Å². The van der Waals surface area contributed by atoms with E-state index in [9.17, 15) is 8.42 Å². The topological polar surface area (TPSA) is 70.0 Å². The third-order valence-electron chi connectivity index (χ3n) is 3.97. The van der Waals surface area contributed by atoms with E-state index in [2.05, 4.69) is 11.6 Å². The minimum Gasteiger partial charge on any atom is -0.211 e. The molecule has 1 aromatic carbocycles. The van der Waals surface area contributed by atoms with Crippen LogP contribution in [0.5, 0.6) is 0 Å². The Hall–Kier alpha value is -1.38. The van der Waals surface area contributed by atoms with Crippen molar-refractivity contribution < 1.29 is 8.42 Å². The van der Waals surface area contributed by atoms with Gasteiger partial charge in [-0.15, -0.1) is 0 Å². The minimum atomic E-state index is -3.53. The predicted octanol–water partition coefficient (Wildman–Crippen LogP) is 2.58. The second-order valence-electron chi connectivity index (χ2n) is 5.73. The fraction of sp³-hybridized carbons (Fsp3) is 0.533. The third-order valence-corrected chi connectivity index (χ3v) is 5.54. The van der Waals surface area contributed by atoms with E-state index >= 15 is 0 Å². The molecule has 1 aliphatic carbocycles. The standard InChI is InChI=1S/C15H20N2O2S/c1-11-3-5-14(7-11)10-17-20(18,19)15-8-13(9-16)6-4-12(15)2/h4,6,8,11,14,17H,3,5,7,10H2,1-2H3. The molecule has 0 heterocycles. The second-order valence-corrected chi connectivity index (χ2v) is 7.46. The monoisotopic (exact) mass is 292 g/mol. The van der Waals surface area contributed by atoms with E-state index in [0.717, 1.165) is 12.8 Å². The summed E-state index contributed by atoms with van der Waals surface area (Å²) in [5.41, 5.74) is 1.03. The lowest BCUT2D eigenvalue weighted by Crippen LogP contribution is -2.29. The molecule has 1 fully saturated rings. The predicted molar refractivity (Wildman–Crippen MR) is 77.6 cm³/mol. The molecule has 0 spiro atoms. The number of hydrogen-bond acceptors (Lipinski definition) is 3. The van der Waals surface area contributed by atoms with Crippen LogP contribution >= 0.6 is 0 Å². The van der Waals surface area contributed by atoms with Crippen molar-refractivity contribution in [3.63, 3.8) is 0 Å². The molecule has 1 N–H and O–H groups in total. The van der Waals surface area contributed by atoms with Crippen molar-refractivity contribution in [2.75, 3.05) is 6.54 Å². The van der Waals surface area contributed by atoms with E-state index in [-0.39, 0.29) is 4.90 Å². The summed E-state index contributed by atoms with van der Waals surface area (Å²) in [6.45, 7) is 4.44. The smallest absolute Gasteiger partial charge is 0.211 e. The zero-order chi connectivity index (χ0) is 14.8. The highest BCUT2D eigenvalue weighted by Crippen LogP contribution is 2.30. The molecule has 108 valence electrons. The van der Waals surface area contributed by atoms with Crippen LogP contribution in [-0.4, -0.2) is 15.0 Å². The zero-order valence-corrected chi connectivity index (χ0v) is 12.7. The lowest BCUT2D eigenvalue weighted by molar-refractivity contribution is 0.498. The van der Waals surface area contributed by atoms with E-state index in [1.54, 1.807) is 19.1 Å². The highest BCUT2D eigenvalue weighted by atomic mass is 32.2. The van der Waals surface area contributed by atoms with Gasteiger partial charge in [0.2, 0.25) is 10.0 Å². The number of benzene rings is 1. The summed E-state index contributed by atoms with van der Waals surface area (Å²) < 4.78 is 27.4. The van der Waals surface area contributed by atoms with Gasteiger partial charge in [-0.1, -0.05) is 19.4 Å². The average Bonchev–Trinajstić information content (AvgIpc) is 2.83. The van der Waals surface area contributed by atoms with Crippen LogP contribution in [0.4, 0.5) is 0 Å². The number of aryl methyl sites for hydroxylation is 1. The molecular weight excluding hydrogens is 272 g/mol. The van der Waals surface area contributed by atoms with E-state index in [1.165, 1.54) is 12.5 Å². The van der Waals surface area contributed by atoms with E-state index in [4.69, 9.17) is 5.26 Å². The van der Waals surface area contributed by atoms with Gasteiger partial charge < -0.3 is 0 Å². The highest BCUT2D eigenvalue weighted by Gasteiger charge is 2.24. The molecule has 0 amide bonds. The van der Waals surface area contributed by atoms with Crippen molar-refractivity contribution in [1.82, 2.24) is 4.72 Å². The number of rotatable bonds is 4. The maximum absolute atomic E-state index is 12.3. The third kappa shape index (κ3) is 3.38. The second kappa shape index (κ2) is 5.94. The Bertz CT molecular complexity index is 632. The first kappa shape index (κ1) is 15.0. The van der Waals surface area contributed by atoms with Gasteiger partial charge in [0.1, 0.15) is 0 Å². The van der Waals surface area contributed by atoms with Crippen LogP contribution < -0.4 is 4.72 Å². The number of hydrogen-bond donors (Lipinski definition) is 1. The molecule has 2 rings (SSSR count). The first-order valence-electron chi connectivity index (χ1n) is 6.93. The van der Waals surface area contributed by atoms with Gasteiger partial charge in [-0.3, -0.25) is 0 Å². The number of nitrogens with zero attached hydrogens (tertiary/aromatic N) is 1. The van der Waals surface area contributed by atoms with Crippen LogP contribution in [0.25, 0.3) is 0 Å². The van der Waals surface area contributed by atoms with Crippen molar-refractivity contribution in [3.05, 3.63) is 29.3 Å². The van der Waals surface area contributed by atoms with Gasteiger partial charge in [0.15, 0.2) is 0 Å². The first-order valence-corrected chi connectivity index (χ1v) is 8.41. The van der Waals surface area contributed by atoms with Crippen LogP contribution in [0.3, 0.4) is 0 Å². The Morgan fingerprint density at radius 3 is 2.75 bits per heavy atom. The summed E-state index contributed by atoms with van der Waals surface area (Å²) >= 11 is 0. The van der Waals surface area contributed by atoms with Crippen molar-refractivity contribution in [1.29, 1.82) is 5.26 Å². The SMILES string of the molecule is Cc1ccc(C#N)cc1S(=O)(=O)NCC1CCC(C)C1. The quantitative estimate of drug-likeness (QED) is 0.927. The minimum absolute atomic E-state index is 0.211. The largest absolute Gasteiger partial charge is 0.240 e. The molecule has 0 radical (unpaired) electrons. The Morgan fingerprint density at radius 1 is 1.40 bits per heavy atom. The summed E-state index contributed by atoms with van der Waals surface area (Å²) in [5, 5.41) is 8.89. The molecule has 1 aliphatic rings. The Labute approximate surface area is 120 Å². The van der Waals surface area contributed by atoms with Crippen LogP contribution in [0.15, 0.2) is 23.1 Å². The summed E-state index contributed by atoms with van der Waals surface area (Å²) in [6.07, 6.45) is 3.34. The molecular formula is C15H20N2O2S. The molecule has 0 saturated heterocycles. The van der Waals surface area contributed by atoms with Crippen LogP contribution in [-0.2, 0) is 10.0 Å². The maximum atomic E-state index is 12.3. The number of sulfonamides is 1. The molecule has 0 aromatic heterocycles.